The van der Waals surface area contributed by atoms with Gasteiger partial charge in [0.1, 0.15) is 11.3 Å². The van der Waals surface area contributed by atoms with Gasteiger partial charge >= 0.3 is 0 Å². The maximum atomic E-state index is 9.23. The van der Waals surface area contributed by atoms with Gasteiger partial charge < -0.3 is 9.72 Å². The third kappa shape index (κ3) is 3.24. The molecule has 0 aliphatic rings. The molecular weight excluding hydrogens is 272 g/mol. The second kappa shape index (κ2) is 6.16. The number of ether oxygens (including phenoxy) is 1. The van der Waals surface area contributed by atoms with E-state index in [1.165, 1.54) is 11.8 Å². The molecule has 5 nitrogen and oxygen atoms in total. The molecule has 0 spiro atoms. The Balaban J connectivity index is 2.12. The highest BCUT2D eigenvalue weighted by Gasteiger charge is 2.23. The van der Waals surface area contributed by atoms with Gasteiger partial charge in [0, 0.05) is 11.8 Å². The van der Waals surface area contributed by atoms with Gasteiger partial charge in [0.15, 0.2) is 5.16 Å². The highest BCUT2D eigenvalue weighted by atomic mass is 32.2. The molecule has 0 aliphatic heterocycles. The molecule has 106 valence electrons. The predicted molar refractivity (Wildman–Crippen MR) is 81.1 cm³/mol. The summed E-state index contributed by atoms with van der Waals surface area (Å²) in [7, 11) is 1.64. The zero-order valence-corrected chi connectivity index (χ0v) is 12.7. The van der Waals surface area contributed by atoms with Crippen LogP contribution in [0, 0.1) is 11.3 Å². The largest absolute Gasteiger partial charge is 0.497 e. The summed E-state index contributed by atoms with van der Waals surface area (Å²) in [6.07, 6.45) is 0. The summed E-state index contributed by atoms with van der Waals surface area (Å²) in [6, 6.07) is 8.03. The molecule has 1 atom stereocenters. The molecule has 0 saturated carbocycles. The summed E-state index contributed by atoms with van der Waals surface area (Å²) < 4.78 is 5.19. The minimum absolute atomic E-state index is 0.546. The van der Waals surface area contributed by atoms with Crippen LogP contribution < -0.4 is 10.1 Å². The molecule has 1 aromatic carbocycles. The number of thioether (sulfide) groups is 1. The summed E-state index contributed by atoms with van der Waals surface area (Å²) in [6.45, 7) is 4.66. The van der Waals surface area contributed by atoms with Crippen molar-refractivity contribution in [1.29, 1.82) is 5.26 Å². The van der Waals surface area contributed by atoms with Crippen molar-refractivity contribution in [2.75, 3.05) is 19.4 Å². The monoisotopic (exact) mass is 290 g/mol. The van der Waals surface area contributed by atoms with Crippen molar-refractivity contribution in [2.24, 2.45) is 0 Å². The molecule has 2 rings (SSSR count). The minimum atomic E-state index is -0.546. The van der Waals surface area contributed by atoms with Crippen molar-refractivity contribution in [3.05, 3.63) is 18.2 Å². The summed E-state index contributed by atoms with van der Waals surface area (Å²) in [5, 5.41) is 13.2. The summed E-state index contributed by atoms with van der Waals surface area (Å²) in [4.78, 5) is 7.74. The summed E-state index contributed by atoms with van der Waals surface area (Å²) in [5.74, 6) is 1.43. The van der Waals surface area contributed by atoms with Gasteiger partial charge in [0.2, 0.25) is 0 Å². The van der Waals surface area contributed by atoms with E-state index in [0.717, 1.165) is 28.5 Å². The average molecular weight is 290 g/mol. The number of fused-ring (bicyclic) bond motifs is 1. The van der Waals surface area contributed by atoms with Gasteiger partial charge in [-0.3, -0.25) is 5.32 Å². The fourth-order valence-electron chi connectivity index (χ4n) is 1.89. The van der Waals surface area contributed by atoms with E-state index < -0.39 is 5.54 Å². The maximum absolute atomic E-state index is 9.23. The maximum Gasteiger partial charge on any atom is 0.166 e. The Labute approximate surface area is 122 Å². The number of aromatic amines is 1. The highest BCUT2D eigenvalue weighted by molar-refractivity contribution is 7.99. The summed E-state index contributed by atoms with van der Waals surface area (Å²) >= 11 is 1.54. The zero-order chi connectivity index (χ0) is 14.6. The predicted octanol–water partition coefficient (Wildman–Crippen LogP) is 2.56. The molecule has 6 heteroatoms. The lowest BCUT2D eigenvalue weighted by Gasteiger charge is -2.21. The number of nitriles is 1. The zero-order valence-electron chi connectivity index (χ0n) is 11.9. The van der Waals surface area contributed by atoms with Crippen LogP contribution in [0.15, 0.2) is 23.4 Å². The molecule has 2 N–H and O–H groups in total. The number of rotatable bonds is 6. The Morgan fingerprint density at radius 1 is 1.55 bits per heavy atom. The lowest BCUT2D eigenvalue weighted by atomic mass is 10.1. The number of H-pyrrole nitrogens is 1. The molecule has 1 aromatic heterocycles. The molecule has 0 aliphatic carbocycles. The highest BCUT2D eigenvalue weighted by Crippen LogP contribution is 2.25. The van der Waals surface area contributed by atoms with Gasteiger partial charge in [-0.25, -0.2) is 4.98 Å². The van der Waals surface area contributed by atoms with Crippen molar-refractivity contribution in [3.8, 4) is 11.8 Å². The molecule has 20 heavy (non-hydrogen) atoms. The van der Waals surface area contributed by atoms with Crippen LogP contribution in [0.1, 0.15) is 13.8 Å². The van der Waals surface area contributed by atoms with Crippen LogP contribution in [0.25, 0.3) is 11.0 Å². The van der Waals surface area contributed by atoms with Crippen LogP contribution >= 0.6 is 11.8 Å². The number of benzene rings is 1. The minimum Gasteiger partial charge on any atom is -0.497 e. The smallest absolute Gasteiger partial charge is 0.166 e. The first kappa shape index (κ1) is 14.7. The number of nitrogens with zero attached hydrogens (tertiary/aromatic N) is 2. The van der Waals surface area contributed by atoms with E-state index >= 15 is 0 Å². The number of methoxy groups -OCH3 is 1. The van der Waals surface area contributed by atoms with E-state index in [1.54, 1.807) is 7.11 Å². The van der Waals surface area contributed by atoms with Crippen molar-refractivity contribution < 1.29 is 4.74 Å². The van der Waals surface area contributed by atoms with Crippen LogP contribution in [0.5, 0.6) is 5.75 Å². The van der Waals surface area contributed by atoms with Crippen LogP contribution in [0.4, 0.5) is 0 Å². The molecule has 0 fully saturated rings. The van der Waals surface area contributed by atoms with Crippen molar-refractivity contribution in [3.63, 3.8) is 0 Å². The number of imidazole rings is 1. The molecule has 2 aromatic rings. The number of aromatic nitrogens is 2. The third-order valence-corrected chi connectivity index (χ3v) is 4.17. The van der Waals surface area contributed by atoms with E-state index in [-0.39, 0.29) is 0 Å². The lowest BCUT2D eigenvalue weighted by Crippen LogP contribution is -2.43. The molecule has 0 bridgehead atoms. The van der Waals surface area contributed by atoms with Crippen molar-refractivity contribution in [2.45, 2.75) is 24.5 Å². The molecule has 1 unspecified atom stereocenters. The second-order valence-electron chi connectivity index (χ2n) is 4.69. The quantitative estimate of drug-likeness (QED) is 0.800. The third-order valence-electron chi connectivity index (χ3n) is 2.98. The summed E-state index contributed by atoms with van der Waals surface area (Å²) in [5.41, 5.74) is 1.29. The van der Waals surface area contributed by atoms with Crippen LogP contribution in [0.3, 0.4) is 0 Å². The molecular formula is C14H18N4OS. The number of hydrogen-bond acceptors (Lipinski definition) is 5. The van der Waals surface area contributed by atoms with Gasteiger partial charge in [0.25, 0.3) is 0 Å². The first-order chi connectivity index (χ1) is 9.60. The van der Waals surface area contributed by atoms with Crippen molar-refractivity contribution >= 4 is 22.8 Å². The first-order valence-electron chi connectivity index (χ1n) is 6.43. The van der Waals surface area contributed by atoms with Gasteiger partial charge in [-0.15, -0.1) is 0 Å². The van der Waals surface area contributed by atoms with Crippen molar-refractivity contribution in [1.82, 2.24) is 15.3 Å². The van der Waals surface area contributed by atoms with Gasteiger partial charge in [-0.1, -0.05) is 18.7 Å². The SMILES string of the molecule is CCNC(C)(C#N)CSc1nc2ccc(OC)cc2[nH]1. The Hall–Kier alpha value is -1.71. The molecule has 0 amide bonds. The molecule has 0 saturated heterocycles. The topological polar surface area (TPSA) is 73.7 Å². The first-order valence-corrected chi connectivity index (χ1v) is 7.41. The van der Waals surface area contributed by atoms with Crippen LogP contribution in [-0.2, 0) is 0 Å². The Bertz CT molecular complexity index is 634. The average Bonchev–Trinajstić information content (AvgIpc) is 2.87. The standard InChI is InChI=1S/C14H18N4OS/c1-4-16-14(2,8-15)9-20-13-17-11-6-5-10(19-3)7-12(11)18-13/h5-7,16H,4,9H2,1-3H3,(H,17,18). The van der Waals surface area contributed by atoms with Crippen LogP contribution in [0.2, 0.25) is 0 Å². The second-order valence-corrected chi connectivity index (χ2v) is 5.65. The molecule has 1 heterocycles. The fraction of sp³-hybridized carbons (Fsp3) is 0.429. The number of hydrogen-bond donors (Lipinski definition) is 2. The van der Waals surface area contributed by atoms with Crippen LogP contribution in [-0.4, -0.2) is 34.9 Å². The van der Waals surface area contributed by atoms with E-state index in [4.69, 9.17) is 4.74 Å². The van der Waals surface area contributed by atoms with E-state index in [0.29, 0.717) is 5.75 Å². The molecule has 0 radical (unpaired) electrons. The number of nitrogens with one attached hydrogen (secondary N) is 2. The van der Waals surface area contributed by atoms with Gasteiger partial charge in [-0.05, 0) is 25.6 Å². The Morgan fingerprint density at radius 3 is 3.00 bits per heavy atom. The van der Waals surface area contributed by atoms with E-state index in [9.17, 15) is 5.26 Å². The van der Waals surface area contributed by atoms with E-state index in [2.05, 4.69) is 21.4 Å². The Morgan fingerprint density at radius 2 is 2.35 bits per heavy atom. The Kier molecular flexibility index (Phi) is 4.53. The van der Waals surface area contributed by atoms with Gasteiger partial charge in [0.05, 0.1) is 24.2 Å². The fourth-order valence-corrected chi connectivity index (χ4v) is 2.82. The lowest BCUT2D eigenvalue weighted by molar-refractivity contribution is 0.415. The normalized spacial score (nSPS) is 13.9. The van der Waals surface area contributed by atoms with E-state index in [1.807, 2.05) is 32.0 Å². The van der Waals surface area contributed by atoms with Gasteiger partial charge in [-0.2, -0.15) is 5.26 Å².